The maximum Gasteiger partial charge on any atom is 0.237 e. The number of carbonyl (C=O) groups is 2. The average molecular weight is 206 g/mol. The largest absolute Gasteiger partial charge is 0.368 e. The normalized spacial score (nSPS) is 15.9. The summed E-state index contributed by atoms with van der Waals surface area (Å²) >= 11 is 0. The van der Waals surface area contributed by atoms with Crippen LogP contribution in [-0.4, -0.2) is 16.3 Å². The topological polar surface area (TPSA) is 65.1 Å². The second-order valence-electron chi connectivity index (χ2n) is 3.97. The van der Waals surface area contributed by atoms with Crippen molar-refractivity contribution < 1.29 is 9.59 Å². The number of Topliss-reactive ketones (excluding diaryl/α,β-unsaturated/α-hetero) is 1. The minimum atomic E-state index is -0.382. The lowest BCUT2D eigenvalue weighted by atomic mass is 10.1. The van der Waals surface area contributed by atoms with Crippen molar-refractivity contribution in [3.63, 3.8) is 0 Å². The SMILES string of the molecule is NC(=O)Cn1cc2c(c1)C(=O)CCCC2. The Bertz CT molecular complexity index is 407. The number of ketones is 1. The summed E-state index contributed by atoms with van der Waals surface area (Å²) in [6, 6.07) is 0. The molecule has 2 rings (SSSR count). The van der Waals surface area contributed by atoms with Crippen molar-refractivity contribution in [3.8, 4) is 0 Å². The highest BCUT2D eigenvalue weighted by Gasteiger charge is 2.17. The Kier molecular flexibility index (Phi) is 2.58. The minimum Gasteiger partial charge on any atom is -0.368 e. The van der Waals surface area contributed by atoms with Gasteiger partial charge in [0.05, 0.1) is 0 Å². The molecule has 0 radical (unpaired) electrons. The fraction of sp³-hybridized carbons (Fsp3) is 0.455. The van der Waals surface area contributed by atoms with E-state index in [4.69, 9.17) is 5.73 Å². The number of amides is 1. The molecule has 0 saturated carbocycles. The number of aromatic nitrogens is 1. The van der Waals surface area contributed by atoms with Crippen LogP contribution in [0.25, 0.3) is 0 Å². The van der Waals surface area contributed by atoms with Crippen molar-refractivity contribution in [3.05, 3.63) is 23.5 Å². The molecule has 0 saturated heterocycles. The van der Waals surface area contributed by atoms with Gasteiger partial charge >= 0.3 is 0 Å². The second-order valence-corrected chi connectivity index (χ2v) is 3.97. The van der Waals surface area contributed by atoms with Crippen LogP contribution in [0.3, 0.4) is 0 Å². The third-order valence-electron chi connectivity index (χ3n) is 2.70. The van der Waals surface area contributed by atoms with Crippen LogP contribution >= 0.6 is 0 Å². The van der Waals surface area contributed by atoms with Crippen LogP contribution in [0.1, 0.15) is 35.2 Å². The summed E-state index contributed by atoms with van der Waals surface area (Å²) in [5.74, 6) is -0.196. The maximum atomic E-state index is 11.7. The molecule has 0 unspecified atom stereocenters. The molecule has 0 aromatic carbocycles. The zero-order chi connectivity index (χ0) is 10.8. The molecule has 1 aliphatic rings. The van der Waals surface area contributed by atoms with Crippen molar-refractivity contribution in [1.29, 1.82) is 0 Å². The monoisotopic (exact) mass is 206 g/mol. The molecule has 80 valence electrons. The van der Waals surface area contributed by atoms with Gasteiger partial charge in [-0.25, -0.2) is 0 Å². The van der Waals surface area contributed by atoms with E-state index in [1.807, 2.05) is 6.20 Å². The van der Waals surface area contributed by atoms with Crippen molar-refractivity contribution in [1.82, 2.24) is 4.57 Å². The Hall–Kier alpha value is -1.58. The zero-order valence-electron chi connectivity index (χ0n) is 8.53. The number of primary amides is 1. The molecule has 0 spiro atoms. The fourth-order valence-electron chi connectivity index (χ4n) is 2.01. The van der Waals surface area contributed by atoms with Gasteiger partial charge < -0.3 is 10.3 Å². The van der Waals surface area contributed by atoms with Crippen molar-refractivity contribution in [2.45, 2.75) is 32.2 Å². The summed E-state index contributed by atoms with van der Waals surface area (Å²) in [6.45, 7) is 0.153. The smallest absolute Gasteiger partial charge is 0.237 e. The molecule has 0 fully saturated rings. The van der Waals surface area contributed by atoms with Crippen LogP contribution in [0.15, 0.2) is 12.4 Å². The third-order valence-corrected chi connectivity index (χ3v) is 2.70. The van der Waals surface area contributed by atoms with E-state index in [9.17, 15) is 9.59 Å². The van der Waals surface area contributed by atoms with Gasteiger partial charge in [-0.2, -0.15) is 0 Å². The van der Waals surface area contributed by atoms with E-state index in [0.29, 0.717) is 6.42 Å². The summed E-state index contributed by atoms with van der Waals surface area (Å²) in [5.41, 5.74) is 6.93. The third kappa shape index (κ3) is 2.09. The van der Waals surface area contributed by atoms with Gasteiger partial charge in [0.15, 0.2) is 5.78 Å². The standard InChI is InChI=1S/C11H14N2O2/c12-11(15)7-13-5-8-3-1-2-4-10(14)9(8)6-13/h5-6H,1-4,7H2,(H2,12,15). The molecule has 1 aromatic rings. The number of hydrogen-bond acceptors (Lipinski definition) is 2. The van der Waals surface area contributed by atoms with Crippen LogP contribution in [0.4, 0.5) is 0 Å². The predicted octanol–water partition coefficient (Wildman–Crippen LogP) is 0.882. The van der Waals surface area contributed by atoms with E-state index >= 15 is 0 Å². The molecule has 1 amide bonds. The van der Waals surface area contributed by atoms with Crippen LogP contribution < -0.4 is 5.73 Å². The maximum absolute atomic E-state index is 11.7. The minimum absolute atomic E-state index is 0.153. The Morgan fingerprint density at radius 1 is 1.33 bits per heavy atom. The quantitative estimate of drug-likeness (QED) is 0.730. The highest BCUT2D eigenvalue weighted by atomic mass is 16.1. The van der Waals surface area contributed by atoms with Crippen LogP contribution in [0.5, 0.6) is 0 Å². The van der Waals surface area contributed by atoms with Gasteiger partial charge in [-0.05, 0) is 24.8 Å². The molecule has 0 bridgehead atoms. The number of hydrogen-bond donors (Lipinski definition) is 1. The van der Waals surface area contributed by atoms with E-state index < -0.39 is 0 Å². The Balaban J connectivity index is 2.29. The number of nitrogens with two attached hydrogens (primary N) is 1. The molecular formula is C11H14N2O2. The van der Waals surface area contributed by atoms with Crippen LogP contribution in [0, 0.1) is 0 Å². The number of rotatable bonds is 2. The lowest BCUT2D eigenvalue weighted by Crippen LogP contribution is -2.17. The molecule has 4 heteroatoms. The van der Waals surface area contributed by atoms with Gasteiger partial charge in [-0.3, -0.25) is 9.59 Å². The van der Waals surface area contributed by atoms with Gasteiger partial charge in [0.25, 0.3) is 0 Å². The van der Waals surface area contributed by atoms with Gasteiger partial charge in [0.2, 0.25) is 5.91 Å². The fourth-order valence-corrected chi connectivity index (χ4v) is 2.01. The highest BCUT2D eigenvalue weighted by molar-refractivity contribution is 5.97. The van der Waals surface area contributed by atoms with Gasteiger partial charge in [-0.1, -0.05) is 0 Å². The van der Waals surface area contributed by atoms with Gasteiger partial charge in [0, 0.05) is 24.4 Å². The first-order valence-electron chi connectivity index (χ1n) is 5.17. The molecule has 2 N–H and O–H groups in total. The Morgan fingerprint density at radius 3 is 2.80 bits per heavy atom. The van der Waals surface area contributed by atoms with Crippen molar-refractivity contribution >= 4 is 11.7 Å². The molecule has 1 heterocycles. The lowest BCUT2D eigenvalue weighted by molar-refractivity contribution is -0.118. The van der Waals surface area contributed by atoms with Gasteiger partial charge in [0.1, 0.15) is 6.54 Å². The predicted molar refractivity (Wildman–Crippen MR) is 55.5 cm³/mol. The van der Waals surface area contributed by atoms with E-state index in [0.717, 1.165) is 30.4 Å². The summed E-state index contributed by atoms with van der Waals surface area (Å²) < 4.78 is 1.70. The molecule has 0 atom stereocenters. The van der Waals surface area contributed by atoms with Gasteiger partial charge in [-0.15, -0.1) is 0 Å². The number of aryl methyl sites for hydroxylation is 1. The molecule has 1 aliphatic carbocycles. The number of fused-ring (bicyclic) bond motifs is 1. The summed E-state index contributed by atoms with van der Waals surface area (Å²) in [7, 11) is 0. The van der Waals surface area contributed by atoms with Crippen LogP contribution in [0.2, 0.25) is 0 Å². The lowest BCUT2D eigenvalue weighted by Gasteiger charge is -1.97. The Morgan fingerprint density at radius 2 is 2.07 bits per heavy atom. The highest BCUT2D eigenvalue weighted by Crippen LogP contribution is 2.21. The summed E-state index contributed by atoms with van der Waals surface area (Å²) in [4.78, 5) is 22.4. The van der Waals surface area contributed by atoms with E-state index in [1.54, 1.807) is 10.8 Å². The van der Waals surface area contributed by atoms with E-state index in [2.05, 4.69) is 0 Å². The zero-order valence-corrected chi connectivity index (χ0v) is 8.53. The molecular weight excluding hydrogens is 192 g/mol. The summed E-state index contributed by atoms with van der Waals surface area (Å²) in [6.07, 6.45) is 7.15. The first kappa shape index (κ1) is 9.96. The van der Waals surface area contributed by atoms with Crippen molar-refractivity contribution in [2.75, 3.05) is 0 Å². The number of carbonyl (C=O) groups excluding carboxylic acids is 2. The van der Waals surface area contributed by atoms with Crippen molar-refractivity contribution in [2.24, 2.45) is 5.73 Å². The molecule has 4 nitrogen and oxygen atoms in total. The van der Waals surface area contributed by atoms with E-state index in [-0.39, 0.29) is 18.2 Å². The first-order valence-corrected chi connectivity index (χ1v) is 5.17. The number of nitrogens with zero attached hydrogens (tertiary/aromatic N) is 1. The second kappa shape index (κ2) is 3.88. The first-order chi connectivity index (χ1) is 7.16. The molecule has 0 aliphatic heterocycles. The molecule has 15 heavy (non-hydrogen) atoms. The molecule has 1 aromatic heterocycles. The van der Waals surface area contributed by atoms with Crippen LogP contribution in [-0.2, 0) is 17.8 Å². The average Bonchev–Trinajstić information content (AvgIpc) is 2.47. The summed E-state index contributed by atoms with van der Waals surface area (Å²) in [5, 5.41) is 0. The van der Waals surface area contributed by atoms with E-state index in [1.165, 1.54) is 0 Å². The Labute approximate surface area is 88.1 Å².